The second-order valence-corrected chi connectivity index (χ2v) is 7.46. The molecular weight excluding hydrogens is 356 g/mol. The lowest BCUT2D eigenvalue weighted by Crippen LogP contribution is -2.26. The van der Waals surface area contributed by atoms with Crippen molar-refractivity contribution in [2.75, 3.05) is 25.1 Å². The number of methoxy groups -OCH3 is 1. The van der Waals surface area contributed by atoms with E-state index >= 15 is 0 Å². The molecule has 26 heavy (non-hydrogen) atoms. The first-order valence-electron chi connectivity index (χ1n) is 8.05. The highest BCUT2D eigenvalue weighted by atomic mass is 32.2. The van der Waals surface area contributed by atoms with Gasteiger partial charge in [0.15, 0.2) is 5.82 Å². The first-order valence-corrected chi connectivity index (χ1v) is 9.54. The molecule has 9 nitrogen and oxygen atoms in total. The van der Waals surface area contributed by atoms with Crippen molar-refractivity contribution in [2.45, 2.75) is 24.3 Å². The molecule has 0 saturated carbocycles. The average Bonchev–Trinajstić information content (AvgIpc) is 3.21. The Labute approximate surface area is 151 Å². The van der Waals surface area contributed by atoms with Crippen molar-refractivity contribution < 1.29 is 13.2 Å². The van der Waals surface area contributed by atoms with E-state index < -0.39 is 10.0 Å². The molecule has 10 heteroatoms. The zero-order valence-electron chi connectivity index (χ0n) is 14.2. The van der Waals surface area contributed by atoms with Gasteiger partial charge in [-0.25, -0.2) is 13.1 Å². The van der Waals surface area contributed by atoms with Crippen molar-refractivity contribution in [3.63, 3.8) is 0 Å². The number of ether oxygens (including phenoxy) is 1. The van der Waals surface area contributed by atoms with Gasteiger partial charge in [0.25, 0.3) is 0 Å². The molecule has 0 atom stereocenters. The van der Waals surface area contributed by atoms with Crippen LogP contribution in [-0.2, 0) is 16.6 Å². The summed E-state index contributed by atoms with van der Waals surface area (Å²) in [6.45, 7) is 1.61. The highest BCUT2D eigenvalue weighted by Crippen LogP contribution is 2.18. The van der Waals surface area contributed by atoms with Crippen molar-refractivity contribution in [1.82, 2.24) is 19.7 Å². The van der Waals surface area contributed by atoms with Gasteiger partial charge < -0.3 is 9.64 Å². The minimum absolute atomic E-state index is 0.0669. The molecule has 1 aliphatic rings. The van der Waals surface area contributed by atoms with E-state index in [9.17, 15) is 8.42 Å². The zero-order chi connectivity index (χ0) is 18.6. The largest absolute Gasteiger partial charge is 0.467 e. The van der Waals surface area contributed by atoms with Gasteiger partial charge in [-0.05, 0) is 37.1 Å². The molecule has 0 radical (unpaired) electrons. The van der Waals surface area contributed by atoms with Crippen LogP contribution in [0.5, 0.6) is 6.01 Å². The highest BCUT2D eigenvalue weighted by Gasteiger charge is 2.19. The molecule has 1 aromatic heterocycles. The van der Waals surface area contributed by atoms with Gasteiger partial charge >= 0.3 is 6.01 Å². The molecule has 2 heterocycles. The minimum Gasteiger partial charge on any atom is -0.467 e. The summed E-state index contributed by atoms with van der Waals surface area (Å²) in [6.07, 6.45) is 2.13. The summed E-state index contributed by atoms with van der Waals surface area (Å²) < 4.78 is 32.3. The Bertz CT molecular complexity index is 918. The fourth-order valence-corrected chi connectivity index (χ4v) is 3.55. The fraction of sp³-hybridized carbons (Fsp3) is 0.375. The average molecular weight is 374 g/mol. The molecule has 0 amide bonds. The molecule has 3 rings (SSSR count). The van der Waals surface area contributed by atoms with Gasteiger partial charge in [0.1, 0.15) is 0 Å². The molecule has 0 unspecified atom stereocenters. The number of hydrogen-bond donors (Lipinski definition) is 1. The van der Waals surface area contributed by atoms with Crippen LogP contribution in [0.4, 0.5) is 5.95 Å². The maximum Gasteiger partial charge on any atom is 0.321 e. The van der Waals surface area contributed by atoms with E-state index in [0.29, 0.717) is 11.5 Å². The van der Waals surface area contributed by atoms with E-state index in [0.717, 1.165) is 25.9 Å². The van der Waals surface area contributed by atoms with E-state index in [4.69, 9.17) is 10.00 Å². The quantitative estimate of drug-likeness (QED) is 0.789. The van der Waals surface area contributed by atoms with Crippen molar-refractivity contribution in [2.24, 2.45) is 0 Å². The molecule has 0 bridgehead atoms. The Kier molecular flexibility index (Phi) is 5.29. The number of nitrogens with zero attached hydrogens (tertiary/aromatic N) is 5. The van der Waals surface area contributed by atoms with Crippen molar-refractivity contribution in [1.29, 1.82) is 5.26 Å². The van der Waals surface area contributed by atoms with Crippen molar-refractivity contribution >= 4 is 16.0 Å². The van der Waals surface area contributed by atoms with E-state index in [1.54, 1.807) is 0 Å². The van der Waals surface area contributed by atoms with Crippen LogP contribution in [-0.4, -0.2) is 43.6 Å². The number of nitrogens with one attached hydrogen (secondary N) is 1. The van der Waals surface area contributed by atoms with E-state index in [-0.39, 0.29) is 23.3 Å². The summed E-state index contributed by atoms with van der Waals surface area (Å²) in [7, 11) is -2.30. The Morgan fingerprint density at radius 1 is 1.19 bits per heavy atom. The lowest BCUT2D eigenvalue weighted by molar-refractivity contribution is 0.375. The van der Waals surface area contributed by atoms with Crippen LogP contribution in [0.25, 0.3) is 0 Å². The Balaban J connectivity index is 1.77. The molecule has 1 aliphatic heterocycles. The summed E-state index contributed by atoms with van der Waals surface area (Å²) in [5.41, 5.74) is 0.390. The predicted molar refractivity (Wildman–Crippen MR) is 93.0 cm³/mol. The Hall–Kier alpha value is -2.77. The van der Waals surface area contributed by atoms with Crippen LogP contribution >= 0.6 is 0 Å². The smallest absolute Gasteiger partial charge is 0.321 e. The number of aromatic nitrogens is 3. The van der Waals surface area contributed by atoms with Crippen molar-refractivity contribution in [3.8, 4) is 12.1 Å². The van der Waals surface area contributed by atoms with Crippen molar-refractivity contribution in [3.05, 3.63) is 35.7 Å². The van der Waals surface area contributed by atoms with Gasteiger partial charge in [0.2, 0.25) is 16.0 Å². The second-order valence-electron chi connectivity index (χ2n) is 5.69. The molecule has 1 fully saturated rings. The summed E-state index contributed by atoms with van der Waals surface area (Å²) in [6, 6.07) is 7.76. The normalized spacial score (nSPS) is 14.2. The third-order valence-corrected chi connectivity index (χ3v) is 5.35. The lowest BCUT2D eigenvalue weighted by Gasteiger charge is -2.16. The summed E-state index contributed by atoms with van der Waals surface area (Å²) in [5, 5.41) is 8.80. The second kappa shape index (κ2) is 7.63. The fourth-order valence-electron chi connectivity index (χ4n) is 2.57. The number of hydrogen-bond acceptors (Lipinski definition) is 8. The number of anilines is 1. The molecule has 136 valence electrons. The van der Waals surface area contributed by atoms with Gasteiger partial charge in [-0.15, -0.1) is 0 Å². The maximum absolute atomic E-state index is 12.4. The van der Waals surface area contributed by atoms with Gasteiger partial charge in [0, 0.05) is 13.1 Å². The highest BCUT2D eigenvalue weighted by molar-refractivity contribution is 7.89. The van der Waals surface area contributed by atoms with Gasteiger partial charge in [-0.1, -0.05) is 0 Å². The molecule has 2 aromatic rings. The summed E-state index contributed by atoms with van der Waals surface area (Å²) >= 11 is 0. The van der Waals surface area contributed by atoms with Crippen LogP contribution in [0.1, 0.15) is 24.2 Å². The Morgan fingerprint density at radius 2 is 1.88 bits per heavy atom. The van der Waals surface area contributed by atoms with Crippen LogP contribution in [0, 0.1) is 11.3 Å². The first-order chi connectivity index (χ1) is 12.5. The molecule has 0 spiro atoms. The predicted octanol–water partition coefficient (Wildman–Crippen LogP) is 0.831. The monoisotopic (exact) mass is 374 g/mol. The minimum atomic E-state index is -3.75. The number of benzene rings is 1. The number of sulfonamides is 1. The van der Waals surface area contributed by atoms with Crippen LogP contribution in [0.2, 0.25) is 0 Å². The first kappa shape index (κ1) is 18.0. The standard InChI is InChI=1S/C16H18N6O3S/c1-25-16-20-14(19-15(21-16)22-8-2-3-9-22)11-18-26(23,24)13-6-4-12(10-17)5-7-13/h4-7,18H,2-3,8-9,11H2,1H3. The van der Waals surface area contributed by atoms with Gasteiger partial charge in [0.05, 0.1) is 30.2 Å². The van der Waals surface area contributed by atoms with Gasteiger partial charge in [-0.2, -0.15) is 20.2 Å². The number of rotatable bonds is 6. The van der Waals surface area contributed by atoms with Crippen LogP contribution < -0.4 is 14.4 Å². The SMILES string of the molecule is COc1nc(CNS(=O)(=O)c2ccc(C#N)cc2)nc(N2CCCC2)n1. The molecule has 1 saturated heterocycles. The summed E-state index contributed by atoms with van der Waals surface area (Å²) in [5.74, 6) is 0.762. The van der Waals surface area contributed by atoms with Gasteiger partial charge in [-0.3, -0.25) is 0 Å². The lowest BCUT2D eigenvalue weighted by atomic mass is 10.2. The van der Waals surface area contributed by atoms with E-state index in [1.807, 2.05) is 11.0 Å². The molecule has 0 aliphatic carbocycles. The zero-order valence-corrected chi connectivity index (χ0v) is 15.0. The third-order valence-electron chi connectivity index (χ3n) is 3.93. The third kappa shape index (κ3) is 4.07. The molecular formula is C16H18N6O3S. The topological polar surface area (TPSA) is 121 Å². The van der Waals surface area contributed by atoms with Crippen LogP contribution in [0.15, 0.2) is 29.2 Å². The molecule has 1 aromatic carbocycles. The number of nitriles is 1. The van der Waals surface area contributed by atoms with E-state index in [2.05, 4.69) is 19.7 Å². The maximum atomic E-state index is 12.4. The van der Waals surface area contributed by atoms with Crippen LogP contribution in [0.3, 0.4) is 0 Å². The molecule has 1 N–H and O–H groups in total. The van der Waals surface area contributed by atoms with E-state index in [1.165, 1.54) is 31.4 Å². The Morgan fingerprint density at radius 3 is 2.50 bits per heavy atom. The summed E-state index contributed by atoms with van der Waals surface area (Å²) in [4.78, 5) is 14.8.